The molecule has 5 heterocycles. The lowest BCUT2D eigenvalue weighted by molar-refractivity contribution is -0.156. The Labute approximate surface area is 482 Å². The molecule has 15 unspecified atom stereocenters. The lowest BCUT2D eigenvalue weighted by atomic mass is 9.82. The highest BCUT2D eigenvalue weighted by Crippen LogP contribution is 2.62. The molecule has 79 heavy (non-hydrogen) atoms. The van der Waals surface area contributed by atoms with Crippen molar-refractivity contribution < 1.29 is 90.3 Å². The molecule has 450 valence electrons. The van der Waals surface area contributed by atoms with E-state index in [1.54, 1.807) is 11.8 Å². The lowest BCUT2D eigenvalue weighted by Gasteiger charge is -2.32. The first-order valence-electron chi connectivity index (χ1n) is 27.2. The van der Waals surface area contributed by atoms with Gasteiger partial charge in [0.25, 0.3) is 30.4 Å². The summed E-state index contributed by atoms with van der Waals surface area (Å²) in [4.78, 5) is 71.7. The lowest BCUT2D eigenvalue weighted by Crippen LogP contribution is -2.42. The van der Waals surface area contributed by atoms with Crippen LogP contribution in [0.1, 0.15) is 121 Å². The average Bonchev–Trinajstić information content (AvgIpc) is 4.48. The Hall–Kier alpha value is -1.57. The van der Waals surface area contributed by atoms with Crippen molar-refractivity contribution in [2.45, 2.75) is 183 Å². The molecule has 0 aromatic rings. The molecule has 9 aliphatic rings. The van der Waals surface area contributed by atoms with Gasteiger partial charge in [-0.15, -0.1) is 11.8 Å². The summed E-state index contributed by atoms with van der Waals surface area (Å²) in [5.41, 5.74) is -1.39. The maximum atomic E-state index is 12.0. The number of ether oxygens (including phenoxy) is 5. The van der Waals surface area contributed by atoms with Gasteiger partial charge in [-0.3, -0.25) is 31.7 Å². The highest BCUT2D eigenvalue weighted by molar-refractivity contribution is 8.14. The largest absolute Gasteiger partial charge is 0.463 e. The number of carbonyl (C=O) groups excluding carboxylic acids is 6. The van der Waals surface area contributed by atoms with Crippen LogP contribution in [0, 0.1) is 39.4 Å². The number of amides is 1. The van der Waals surface area contributed by atoms with Crippen molar-refractivity contribution in [2.75, 3.05) is 56.8 Å². The van der Waals surface area contributed by atoms with Crippen molar-refractivity contribution in [3.8, 4) is 0 Å². The van der Waals surface area contributed by atoms with Gasteiger partial charge in [0.15, 0.2) is 15.3 Å². The third-order valence-corrected chi connectivity index (χ3v) is 28.1. The molecule has 5 saturated heterocycles. The molecule has 1 amide bonds. The molecule has 5 aliphatic heterocycles. The summed E-state index contributed by atoms with van der Waals surface area (Å²) in [5, 5.41) is 1.75. The van der Waals surface area contributed by atoms with E-state index in [9.17, 15) is 54.0 Å². The van der Waals surface area contributed by atoms with Crippen molar-refractivity contribution >= 4 is 111 Å². The number of carbonyl (C=O) groups is 6. The van der Waals surface area contributed by atoms with Gasteiger partial charge in [-0.2, -0.15) is 25.3 Å². The van der Waals surface area contributed by atoms with Gasteiger partial charge in [-0.25, -0.2) is 9.59 Å². The van der Waals surface area contributed by atoms with E-state index < -0.39 is 83.3 Å². The number of hydrogen-bond acceptors (Lipinski definition) is 24. The van der Waals surface area contributed by atoms with Gasteiger partial charge >= 0.3 is 11.9 Å². The highest BCUT2D eigenvalue weighted by atomic mass is 32.2. The molecule has 1 N–H and O–H groups in total. The van der Waals surface area contributed by atoms with Gasteiger partial charge in [-0.1, -0.05) is 105 Å². The third kappa shape index (κ3) is 14.6. The number of hydrogen-bond donors (Lipinski definition) is 1. The fourth-order valence-corrected chi connectivity index (χ4v) is 22.3. The molecule has 4 saturated carbocycles. The molecule has 6 bridgehead atoms. The first-order valence-corrected chi connectivity index (χ1v) is 35.5. The Balaban J connectivity index is 0.000000172. The molecule has 21 nitrogen and oxygen atoms in total. The monoisotopic (exact) mass is 1250 g/mol. The number of thioether (sulfide) groups is 4. The van der Waals surface area contributed by atoms with Gasteiger partial charge < -0.3 is 29.0 Å². The summed E-state index contributed by atoms with van der Waals surface area (Å²) in [6, 6.07) is 0. The summed E-state index contributed by atoms with van der Waals surface area (Å²) < 4.78 is 115. The topological polar surface area (TPSA) is 291 Å². The zero-order valence-corrected chi connectivity index (χ0v) is 52.3. The van der Waals surface area contributed by atoms with Gasteiger partial charge in [0.2, 0.25) is 5.91 Å². The summed E-state index contributed by atoms with van der Waals surface area (Å²) in [6.07, 6.45) is 2.90. The molecule has 0 aromatic carbocycles. The van der Waals surface area contributed by atoms with Crippen molar-refractivity contribution in [3.63, 3.8) is 0 Å². The molecule has 9 fully saturated rings. The van der Waals surface area contributed by atoms with E-state index in [4.69, 9.17) is 36.2 Å². The number of nitrogens with one attached hydrogen (secondary N) is 1. The summed E-state index contributed by atoms with van der Waals surface area (Å²) in [7, 11) is -10.5. The number of esters is 2. The van der Waals surface area contributed by atoms with Crippen LogP contribution in [0.25, 0.3) is 0 Å². The summed E-state index contributed by atoms with van der Waals surface area (Å²) in [6.45, 7) is 19.4. The Kier molecular flexibility index (Phi) is 21.0. The van der Waals surface area contributed by atoms with Crippen LogP contribution >= 0.6 is 47.0 Å². The molecule has 0 spiro atoms. The molecule has 0 aromatic heterocycles. The van der Waals surface area contributed by atoms with Crippen LogP contribution in [0.4, 0.5) is 0 Å². The number of rotatable bonds is 24. The normalized spacial score (nSPS) is 34.9. The van der Waals surface area contributed by atoms with E-state index >= 15 is 0 Å². The quantitative estimate of drug-likeness (QED) is 0.0751. The van der Waals surface area contributed by atoms with Crippen molar-refractivity contribution in [2.24, 2.45) is 39.4 Å². The molecule has 9 rings (SSSR count). The summed E-state index contributed by atoms with van der Waals surface area (Å²) >= 11 is 5.14. The van der Waals surface area contributed by atoms with Crippen LogP contribution < -0.4 is 5.32 Å². The van der Waals surface area contributed by atoms with Gasteiger partial charge in [-0.05, 0) is 62.7 Å². The first kappa shape index (κ1) is 65.0. The SMILES string of the molecule is CCC(C)(C)C(=O)SCCNC(=O)COC1C2CC3C1OS(=O)(=O)C3C2.CCC(C)(C)C(=O)SCCOC(=O)COC1C2CC3C(S2)C1OS3(=O)=O.CCC(C)(C)C(=O)SCCOC(=O)COC1C2OS(=O)(=O)C3CC1(C)CC23. The van der Waals surface area contributed by atoms with E-state index in [0.29, 0.717) is 43.1 Å². The average molecular weight is 1250 g/mol. The molecule has 0 radical (unpaired) electrons. The van der Waals surface area contributed by atoms with Crippen LogP contribution in [0.2, 0.25) is 0 Å². The van der Waals surface area contributed by atoms with Crippen LogP contribution in [0.15, 0.2) is 0 Å². The Morgan fingerprint density at radius 3 is 1.65 bits per heavy atom. The van der Waals surface area contributed by atoms with E-state index in [1.807, 2.05) is 69.2 Å². The Bertz CT molecular complexity index is 2520. The highest BCUT2D eigenvalue weighted by Gasteiger charge is 2.70. The minimum absolute atomic E-state index is 0.0161. The second kappa shape index (κ2) is 25.6. The Morgan fingerprint density at radius 2 is 1.08 bits per heavy atom. The minimum atomic E-state index is -3.51. The first-order chi connectivity index (χ1) is 36.8. The standard InChI is InChI=1S/C18H28O7S2.C17H27NO6S2.C16H24O7S3/c1-5-17(2,3)16(20)26-7-6-23-13(19)10-24-15-14-11-8-18(15,4)9-12(11)27(21,22)25-14;1-4-17(2,3)16(20)25-6-5-18-13(19)9-23-14-10-7-11-12(8-10)26(21,22)24-15(11)14;1-4-16(2,3)15(18)24-6-5-21-11(17)8-22-12-9-7-10-14(25-9)13(12)23-26(10,19)20/h11-12,14-15H,5-10H2,1-4H3;10-12,14-15H,4-9H2,1-3H3,(H,18,19);9-10,12-14H,4-8H2,1-3H3. The van der Waals surface area contributed by atoms with E-state index in [-0.39, 0.29) is 116 Å². The zero-order valence-electron chi connectivity index (χ0n) is 46.6. The predicted octanol–water partition coefficient (Wildman–Crippen LogP) is 5.05. The Morgan fingerprint density at radius 1 is 0.582 bits per heavy atom. The molecule has 15 atom stereocenters. The number of fused-ring (bicyclic) bond motifs is 3. The van der Waals surface area contributed by atoms with Crippen molar-refractivity contribution in [1.29, 1.82) is 0 Å². The minimum Gasteiger partial charge on any atom is -0.463 e. The fraction of sp³-hybridized carbons (Fsp3) is 0.882. The van der Waals surface area contributed by atoms with Gasteiger partial charge in [0.05, 0.1) is 34.1 Å². The predicted molar refractivity (Wildman–Crippen MR) is 298 cm³/mol. The molecular formula is C51H79NO20S7. The molecule has 4 aliphatic carbocycles. The third-order valence-electron chi connectivity index (χ3n) is 17.4. The zero-order chi connectivity index (χ0) is 58.3. The van der Waals surface area contributed by atoms with E-state index in [1.165, 1.54) is 35.3 Å². The van der Waals surface area contributed by atoms with E-state index in [2.05, 4.69) is 5.32 Å². The van der Waals surface area contributed by atoms with Crippen molar-refractivity contribution in [1.82, 2.24) is 5.32 Å². The second-order valence-electron chi connectivity index (χ2n) is 24.0. The second-order valence-corrected chi connectivity index (χ2v) is 33.9. The summed E-state index contributed by atoms with van der Waals surface area (Å²) in [5.74, 6) is 0.185. The van der Waals surface area contributed by atoms with Crippen LogP contribution in [-0.2, 0) is 95.4 Å². The van der Waals surface area contributed by atoms with Gasteiger partial charge in [0.1, 0.15) is 56.6 Å². The maximum Gasteiger partial charge on any atom is 0.332 e. The van der Waals surface area contributed by atoms with E-state index in [0.717, 1.165) is 32.1 Å². The fourth-order valence-electron chi connectivity index (χ4n) is 11.6. The maximum absolute atomic E-state index is 12.0. The molecular weight excluding hydrogens is 1170 g/mol. The van der Waals surface area contributed by atoms with Crippen LogP contribution in [0.3, 0.4) is 0 Å². The van der Waals surface area contributed by atoms with Crippen molar-refractivity contribution in [3.05, 3.63) is 0 Å². The van der Waals surface area contributed by atoms with Crippen LogP contribution in [0.5, 0.6) is 0 Å². The van der Waals surface area contributed by atoms with Crippen LogP contribution in [-0.4, -0.2) is 178 Å². The smallest absolute Gasteiger partial charge is 0.332 e. The van der Waals surface area contributed by atoms with Gasteiger partial charge in [0, 0.05) is 57.1 Å². The molecule has 28 heteroatoms.